The summed E-state index contributed by atoms with van der Waals surface area (Å²) >= 11 is 3.49. The Balaban J connectivity index is 2.52. The summed E-state index contributed by atoms with van der Waals surface area (Å²) in [6.07, 6.45) is 0.687. The second-order valence-electron chi connectivity index (χ2n) is 5.25. The van der Waals surface area contributed by atoms with Gasteiger partial charge in [-0.1, -0.05) is 35.8 Å². The predicted octanol–water partition coefficient (Wildman–Crippen LogP) is 3.29. The Hall–Kier alpha value is -1.07. The van der Waals surface area contributed by atoms with Crippen molar-refractivity contribution >= 4 is 21.9 Å². The molecule has 0 aliphatic rings. The van der Waals surface area contributed by atoms with Gasteiger partial charge in [-0.2, -0.15) is 0 Å². The summed E-state index contributed by atoms with van der Waals surface area (Å²) in [4.78, 5) is 11.2. The average Bonchev–Trinajstić information content (AvgIpc) is 2.38. The second kappa shape index (κ2) is 8.27. The minimum Gasteiger partial charge on any atom is -0.497 e. The lowest BCUT2D eigenvalue weighted by Crippen LogP contribution is -2.29. The van der Waals surface area contributed by atoms with Gasteiger partial charge in [0.2, 0.25) is 0 Å². The molecule has 0 bridgehead atoms. The lowest BCUT2D eigenvalue weighted by Gasteiger charge is -2.16. The van der Waals surface area contributed by atoms with Gasteiger partial charge in [0, 0.05) is 17.6 Å². The minimum absolute atomic E-state index is 0.341. The molecule has 0 heterocycles. The van der Waals surface area contributed by atoms with Crippen LogP contribution in [0.2, 0.25) is 0 Å². The highest BCUT2D eigenvalue weighted by molar-refractivity contribution is 9.10. The van der Waals surface area contributed by atoms with Gasteiger partial charge >= 0.3 is 5.97 Å². The maximum atomic E-state index is 11.2. The van der Waals surface area contributed by atoms with E-state index in [-0.39, 0.29) is 5.92 Å². The van der Waals surface area contributed by atoms with Gasteiger partial charge in [-0.25, -0.2) is 0 Å². The van der Waals surface area contributed by atoms with Gasteiger partial charge in [0.25, 0.3) is 0 Å². The van der Waals surface area contributed by atoms with Crippen LogP contribution in [0.1, 0.15) is 25.8 Å². The Kier molecular flexibility index (Phi) is 7.02. The molecule has 5 heteroatoms. The molecular weight excluding hydrogens is 322 g/mol. The van der Waals surface area contributed by atoms with Gasteiger partial charge in [-0.3, -0.25) is 4.79 Å². The Bertz CT molecular complexity index is 449. The first-order valence-electron chi connectivity index (χ1n) is 6.70. The van der Waals surface area contributed by atoms with E-state index in [0.717, 1.165) is 15.8 Å². The third-order valence-electron chi connectivity index (χ3n) is 3.07. The number of aliphatic carboxylic acids is 1. The summed E-state index contributed by atoms with van der Waals surface area (Å²) in [5, 5.41) is 12.4. The third-order valence-corrected chi connectivity index (χ3v) is 3.81. The quantitative estimate of drug-likeness (QED) is 0.760. The molecule has 0 radical (unpaired) electrons. The Morgan fingerprint density at radius 1 is 1.45 bits per heavy atom. The molecule has 1 atom stereocenters. The number of carbonyl (C=O) groups is 1. The number of carboxylic acid groups (broad SMARTS) is 1. The lowest BCUT2D eigenvalue weighted by atomic mass is 9.97. The van der Waals surface area contributed by atoms with Crippen LogP contribution < -0.4 is 10.1 Å². The zero-order valence-corrected chi connectivity index (χ0v) is 13.7. The molecule has 0 amide bonds. The molecule has 1 aromatic rings. The first-order valence-corrected chi connectivity index (χ1v) is 7.49. The molecular formula is C15H22BrNO3. The van der Waals surface area contributed by atoms with Crippen molar-refractivity contribution in [3.63, 3.8) is 0 Å². The van der Waals surface area contributed by atoms with E-state index in [4.69, 9.17) is 4.74 Å². The fourth-order valence-electron chi connectivity index (χ4n) is 2.02. The normalized spacial score (nSPS) is 12.4. The Morgan fingerprint density at radius 2 is 2.15 bits per heavy atom. The molecule has 1 aromatic carbocycles. The maximum absolute atomic E-state index is 11.2. The summed E-state index contributed by atoms with van der Waals surface area (Å²) in [5.41, 5.74) is 1.08. The molecule has 2 N–H and O–H groups in total. The molecule has 0 fully saturated rings. The van der Waals surface area contributed by atoms with Gasteiger partial charge in [-0.15, -0.1) is 0 Å². The van der Waals surface area contributed by atoms with Crippen molar-refractivity contribution < 1.29 is 14.6 Å². The number of hydrogen-bond donors (Lipinski definition) is 2. The largest absolute Gasteiger partial charge is 0.497 e. The topological polar surface area (TPSA) is 58.6 Å². The van der Waals surface area contributed by atoms with Crippen LogP contribution in [0.3, 0.4) is 0 Å². The van der Waals surface area contributed by atoms with Crippen molar-refractivity contribution in [2.45, 2.75) is 26.8 Å². The van der Waals surface area contributed by atoms with Crippen LogP contribution >= 0.6 is 15.9 Å². The summed E-state index contributed by atoms with van der Waals surface area (Å²) in [7, 11) is 1.63. The Morgan fingerprint density at radius 3 is 2.65 bits per heavy atom. The van der Waals surface area contributed by atoms with Crippen molar-refractivity contribution in [3.05, 3.63) is 28.2 Å². The van der Waals surface area contributed by atoms with E-state index in [1.165, 1.54) is 0 Å². The maximum Gasteiger partial charge on any atom is 0.307 e. The number of rotatable bonds is 8. The van der Waals surface area contributed by atoms with Crippen LogP contribution in [-0.4, -0.2) is 24.7 Å². The number of benzene rings is 1. The molecule has 1 rings (SSSR count). The highest BCUT2D eigenvalue weighted by Gasteiger charge is 2.18. The van der Waals surface area contributed by atoms with Crippen molar-refractivity contribution in [1.29, 1.82) is 0 Å². The summed E-state index contributed by atoms with van der Waals surface area (Å²) in [5.74, 6) is 0.0986. The van der Waals surface area contributed by atoms with Crippen molar-refractivity contribution in [2.24, 2.45) is 11.8 Å². The number of nitrogens with one attached hydrogen (secondary N) is 1. The molecule has 0 aromatic heterocycles. The van der Waals surface area contributed by atoms with Gasteiger partial charge in [0.1, 0.15) is 5.75 Å². The smallest absolute Gasteiger partial charge is 0.307 e. The molecule has 112 valence electrons. The van der Waals surface area contributed by atoms with Gasteiger partial charge < -0.3 is 15.2 Å². The summed E-state index contributed by atoms with van der Waals surface area (Å²) < 4.78 is 6.10. The molecule has 0 aliphatic heterocycles. The highest BCUT2D eigenvalue weighted by Crippen LogP contribution is 2.22. The van der Waals surface area contributed by atoms with Gasteiger partial charge in [0.15, 0.2) is 0 Å². The number of carboxylic acids is 1. The van der Waals surface area contributed by atoms with Crippen LogP contribution in [0.5, 0.6) is 5.75 Å². The van der Waals surface area contributed by atoms with Gasteiger partial charge in [0.05, 0.1) is 13.0 Å². The highest BCUT2D eigenvalue weighted by atomic mass is 79.9. The molecule has 0 spiro atoms. The predicted molar refractivity (Wildman–Crippen MR) is 83.0 cm³/mol. The van der Waals surface area contributed by atoms with Crippen LogP contribution in [0, 0.1) is 11.8 Å². The van der Waals surface area contributed by atoms with E-state index in [2.05, 4.69) is 21.2 Å². The standard InChI is InChI=1S/C15H22BrNO3/c1-10(2)6-12(15(18)19)9-17-8-11-4-5-13(20-3)7-14(11)16/h4-5,7,10,12,17H,6,8-9H2,1-3H3,(H,18,19). The van der Waals surface area contributed by atoms with E-state index in [1.54, 1.807) is 7.11 Å². The number of ether oxygens (including phenoxy) is 1. The summed E-state index contributed by atoms with van der Waals surface area (Å²) in [6.45, 7) is 5.18. The molecule has 4 nitrogen and oxygen atoms in total. The number of hydrogen-bond acceptors (Lipinski definition) is 3. The van der Waals surface area contributed by atoms with Crippen LogP contribution in [0.4, 0.5) is 0 Å². The first-order chi connectivity index (χ1) is 9.43. The van der Waals surface area contributed by atoms with Crippen LogP contribution in [0.15, 0.2) is 22.7 Å². The van der Waals surface area contributed by atoms with Gasteiger partial charge in [-0.05, 0) is 30.0 Å². The van der Waals surface area contributed by atoms with E-state index in [0.29, 0.717) is 25.4 Å². The van der Waals surface area contributed by atoms with Crippen molar-refractivity contribution in [1.82, 2.24) is 5.32 Å². The lowest BCUT2D eigenvalue weighted by molar-refractivity contribution is -0.142. The van der Waals surface area contributed by atoms with Crippen molar-refractivity contribution in [3.8, 4) is 5.75 Å². The molecule has 0 saturated carbocycles. The monoisotopic (exact) mass is 343 g/mol. The third kappa shape index (κ3) is 5.51. The zero-order valence-electron chi connectivity index (χ0n) is 12.1. The number of halogens is 1. The fraction of sp³-hybridized carbons (Fsp3) is 0.533. The van der Waals surface area contributed by atoms with E-state index >= 15 is 0 Å². The van der Waals surface area contributed by atoms with Crippen molar-refractivity contribution in [2.75, 3.05) is 13.7 Å². The fourth-order valence-corrected chi connectivity index (χ4v) is 2.52. The minimum atomic E-state index is -0.736. The number of methoxy groups -OCH3 is 1. The van der Waals surface area contributed by atoms with E-state index < -0.39 is 5.97 Å². The van der Waals surface area contributed by atoms with E-state index in [9.17, 15) is 9.90 Å². The SMILES string of the molecule is COc1ccc(CNCC(CC(C)C)C(=O)O)c(Br)c1. The van der Waals surface area contributed by atoms with Crippen LogP contribution in [-0.2, 0) is 11.3 Å². The van der Waals surface area contributed by atoms with Crippen LogP contribution in [0.25, 0.3) is 0 Å². The first kappa shape index (κ1) is 17.0. The molecule has 0 aliphatic carbocycles. The Labute approximate surface area is 128 Å². The second-order valence-corrected chi connectivity index (χ2v) is 6.11. The molecule has 1 unspecified atom stereocenters. The molecule has 0 saturated heterocycles. The average molecular weight is 344 g/mol. The van der Waals surface area contributed by atoms with E-state index in [1.807, 2.05) is 32.0 Å². The molecule has 20 heavy (non-hydrogen) atoms. The zero-order chi connectivity index (χ0) is 15.1. The summed E-state index contributed by atoms with van der Waals surface area (Å²) in [6, 6.07) is 5.76.